The Bertz CT molecular complexity index is 999. The molecular formula is C21H20FN3O3. The molecule has 0 radical (unpaired) electrons. The molecular weight excluding hydrogens is 361 g/mol. The number of nitrogens with one attached hydrogen (secondary N) is 1. The van der Waals surface area contributed by atoms with Crippen molar-refractivity contribution in [3.8, 4) is 17.2 Å². The molecule has 0 aliphatic carbocycles. The lowest BCUT2D eigenvalue weighted by atomic mass is 10.1. The molecule has 1 aliphatic rings. The van der Waals surface area contributed by atoms with E-state index in [2.05, 4.69) is 10.4 Å². The summed E-state index contributed by atoms with van der Waals surface area (Å²) in [5.41, 5.74) is 2.54. The van der Waals surface area contributed by atoms with Crippen LogP contribution in [-0.2, 0) is 6.42 Å². The van der Waals surface area contributed by atoms with Crippen molar-refractivity contribution in [2.24, 2.45) is 0 Å². The third-order valence-corrected chi connectivity index (χ3v) is 4.52. The lowest BCUT2D eigenvalue weighted by molar-refractivity contribution is 0.102. The van der Waals surface area contributed by atoms with Crippen LogP contribution in [0.15, 0.2) is 48.7 Å². The average Bonchev–Trinajstić information content (AvgIpc) is 3.00. The van der Waals surface area contributed by atoms with Crippen molar-refractivity contribution in [3.63, 3.8) is 0 Å². The molecule has 0 unspecified atom stereocenters. The maximum Gasteiger partial charge on any atom is 0.259 e. The minimum atomic E-state index is -0.318. The number of hydrogen-bond acceptors (Lipinski definition) is 4. The van der Waals surface area contributed by atoms with Gasteiger partial charge in [0.05, 0.1) is 36.4 Å². The van der Waals surface area contributed by atoms with E-state index in [1.807, 2.05) is 6.92 Å². The molecule has 1 N–H and O–H groups in total. The third kappa shape index (κ3) is 3.55. The highest BCUT2D eigenvalue weighted by molar-refractivity contribution is 6.05. The number of halogens is 1. The van der Waals surface area contributed by atoms with Crippen molar-refractivity contribution >= 4 is 11.6 Å². The van der Waals surface area contributed by atoms with Crippen molar-refractivity contribution in [1.29, 1.82) is 0 Å². The van der Waals surface area contributed by atoms with Gasteiger partial charge in [-0.15, -0.1) is 0 Å². The summed E-state index contributed by atoms with van der Waals surface area (Å²) < 4.78 is 26.1. The van der Waals surface area contributed by atoms with Crippen LogP contribution < -0.4 is 14.8 Å². The van der Waals surface area contributed by atoms with Gasteiger partial charge in [-0.2, -0.15) is 5.10 Å². The molecule has 6 nitrogen and oxygen atoms in total. The molecule has 1 amide bonds. The van der Waals surface area contributed by atoms with Gasteiger partial charge < -0.3 is 14.8 Å². The lowest BCUT2D eigenvalue weighted by Crippen LogP contribution is -2.14. The Labute approximate surface area is 161 Å². The number of carbonyl (C=O) groups is 1. The quantitative estimate of drug-likeness (QED) is 0.742. The summed E-state index contributed by atoms with van der Waals surface area (Å²) in [6.45, 7) is 3.14. The summed E-state index contributed by atoms with van der Waals surface area (Å²) in [5, 5.41) is 7.21. The number of amides is 1. The van der Waals surface area contributed by atoms with Gasteiger partial charge >= 0.3 is 0 Å². The number of carbonyl (C=O) groups excluding carboxylic acids is 1. The molecule has 0 fully saturated rings. The van der Waals surface area contributed by atoms with Crippen LogP contribution in [0.1, 0.15) is 29.4 Å². The Kier molecular flexibility index (Phi) is 4.97. The van der Waals surface area contributed by atoms with Crippen LogP contribution in [0.2, 0.25) is 0 Å². The van der Waals surface area contributed by atoms with Crippen molar-refractivity contribution in [2.75, 3.05) is 18.5 Å². The highest BCUT2D eigenvalue weighted by Crippen LogP contribution is 2.32. The van der Waals surface area contributed by atoms with E-state index in [0.717, 1.165) is 12.1 Å². The molecule has 2 aromatic carbocycles. The summed E-state index contributed by atoms with van der Waals surface area (Å²) >= 11 is 0. The fraction of sp³-hybridized carbons (Fsp3) is 0.238. The van der Waals surface area contributed by atoms with Gasteiger partial charge in [0.1, 0.15) is 5.82 Å². The smallest absolute Gasteiger partial charge is 0.259 e. The second kappa shape index (κ2) is 7.72. The zero-order valence-corrected chi connectivity index (χ0v) is 15.4. The van der Waals surface area contributed by atoms with Gasteiger partial charge in [-0.05, 0) is 42.8 Å². The van der Waals surface area contributed by atoms with Gasteiger partial charge in [0.15, 0.2) is 11.5 Å². The predicted molar refractivity (Wildman–Crippen MR) is 103 cm³/mol. The number of rotatable bonds is 4. The summed E-state index contributed by atoms with van der Waals surface area (Å²) in [5.74, 6) is 0.711. The molecule has 28 heavy (non-hydrogen) atoms. The van der Waals surface area contributed by atoms with Crippen LogP contribution in [0, 0.1) is 5.82 Å². The highest BCUT2D eigenvalue weighted by atomic mass is 19.1. The van der Waals surface area contributed by atoms with E-state index in [9.17, 15) is 9.18 Å². The molecule has 0 saturated carbocycles. The highest BCUT2D eigenvalue weighted by Gasteiger charge is 2.18. The maximum atomic E-state index is 13.2. The number of aromatic nitrogens is 2. The van der Waals surface area contributed by atoms with Crippen LogP contribution in [-0.4, -0.2) is 28.9 Å². The van der Waals surface area contributed by atoms with Gasteiger partial charge in [0, 0.05) is 18.2 Å². The fourth-order valence-electron chi connectivity index (χ4n) is 3.15. The Morgan fingerprint density at radius 3 is 2.64 bits per heavy atom. The topological polar surface area (TPSA) is 65.4 Å². The Hall–Kier alpha value is -3.35. The lowest BCUT2D eigenvalue weighted by Gasteiger charge is -2.11. The summed E-state index contributed by atoms with van der Waals surface area (Å²) in [6, 6.07) is 11.3. The number of anilines is 1. The van der Waals surface area contributed by atoms with Crippen LogP contribution in [0.25, 0.3) is 5.69 Å². The van der Waals surface area contributed by atoms with Gasteiger partial charge in [-0.1, -0.05) is 6.92 Å². The van der Waals surface area contributed by atoms with Crippen molar-refractivity contribution in [3.05, 3.63) is 65.7 Å². The first-order chi connectivity index (χ1) is 13.7. The molecule has 4 rings (SSSR count). The van der Waals surface area contributed by atoms with E-state index in [1.54, 1.807) is 35.0 Å². The molecule has 0 spiro atoms. The van der Waals surface area contributed by atoms with E-state index in [0.29, 0.717) is 48.1 Å². The van der Waals surface area contributed by atoms with Crippen LogP contribution >= 0.6 is 0 Å². The zero-order chi connectivity index (χ0) is 19.5. The molecule has 7 heteroatoms. The van der Waals surface area contributed by atoms with E-state index in [4.69, 9.17) is 9.47 Å². The van der Waals surface area contributed by atoms with E-state index in [1.165, 1.54) is 18.3 Å². The second-order valence-corrected chi connectivity index (χ2v) is 6.41. The Morgan fingerprint density at radius 2 is 1.89 bits per heavy atom. The van der Waals surface area contributed by atoms with Gasteiger partial charge in [0.2, 0.25) is 0 Å². The van der Waals surface area contributed by atoms with Gasteiger partial charge in [-0.3, -0.25) is 4.79 Å². The van der Waals surface area contributed by atoms with Gasteiger partial charge in [0.25, 0.3) is 5.91 Å². The summed E-state index contributed by atoms with van der Waals surface area (Å²) in [7, 11) is 0. The zero-order valence-electron chi connectivity index (χ0n) is 15.4. The van der Waals surface area contributed by atoms with E-state index in [-0.39, 0.29) is 11.7 Å². The Morgan fingerprint density at radius 1 is 1.14 bits per heavy atom. The number of benzene rings is 2. The normalized spacial score (nSPS) is 13.1. The minimum Gasteiger partial charge on any atom is -0.490 e. The first-order valence-electron chi connectivity index (χ1n) is 9.19. The molecule has 2 heterocycles. The fourth-order valence-corrected chi connectivity index (χ4v) is 3.15. The average molecular weight is 381 g/mol. The van der Waals surface area contributed by atoms with Crippen LogP contribution in [0.5, 0.6) is 11.5 Å². The summed E-state index contributed by atoms with van der Waals surface area (Å²) in [4.78, 5) is 12.8. The van der Waals surface area contributed by atoms with E-state index < -0.39 is 0 Å². The molecule has 1 aliphatic heterocycles. The first kappa shape index (κ1) is 18.0. The van der Waals surface area contributed by atoms with Crippen molar-refractivity contribution in [2.45, 2.75) is 19.8 Å². The number of fused-ring (bicyclic) bond motifs is 1. The summed E-state index contributed by atoms with van der Waals surface area (Å²) in [6.07, 6.45) is 2.95. The third-order valence-electron chi connectivity index (χ3n) is 4.52. The molecule has 144 valence electrons. The Balaban J connectivity index is 1.58. The molecule has 3 aromatic rings. The number of nitrogens with zero attached hydrogens (tertiary/aromatic N) is 2. The van der Waals surface area contributed by atoms with Crippen molar-refractivity contribution in [1.82, 2.24) is 9.78 Å². The molecule has 0 saturated heterocycles. The number of hydrogen-bond donors (Lipinski definition) is 1. The second-order valence-electron chi connectivity index (χ2n) is 6.41. The first-order valence-corrected chi connectivity index (χ1v) is 9.19. The maximum absolute atomic E-state index is 13.2. The van der Waals surface area contributed by atoms with Gasteiger partial charge in [-0.25, -0.2) is 9.07 Å². The van der Waals surface area contributed by atoms with Crippen LogP contribution in [0.4, 0.5) is 10.1 Å². The SMILES string of the molecule is CCc1c(C(=O)Nc2ccc3c(c2)OCCCO3)cnn1-c1ccc(F)cc1. The van der Waals surface area contributed by atoms with Crippen LogP contribution in [0.3, 0.4) is 0 Å². The molecule has 1 aromatic heterocycles. The number of ether oxygens (including phenoxy) is 2. The molecule has 0 atom stereocenters. The standard InChI is InChI=1S/C21H20FN3O3/c1-2-18-17(13-23-25(18)16-7-4-14(22)5-8-16)21(26)24-15-6-9-19-20(12-15)28-11-3-10-27-19/h4-9,12-13H,2-3,10-11H2,1H3,(H,24,26). The largest absolute Gasteiger partial charge is 0.490 e. The molecule has 0 bridgehead atoms. The van der Waals surface area contributed by atoms with E-state index >= 15 is 0 Å². The minimum absolute atomic E-state index is 0.264. The monoisotopic (exact) mass is 381 g/mol. The predicted octanol–water partition coefficient (Wildman–Crippen LogP) is 3.99. The van der Waals surface area contributed by atoms with Crippen molar-refractivity contribution < 1.29 is 18.7 Å².